The quantitative estimate of drug-likeness (QED) is 0.789. The van der Waals surface area contributed by atoms with Crippen LogP contribution in [0.25, 0.3) is 11.3 Å². The third-order valence-electron chi connectivity index (χ3n) is 2.75. The summed E-state index contributed by atoms with van der Waals surface area (Å²) in [7, 11) is 0. The maximum Gasteiger partial charge on any atom is 0.123 e. The summed E-state index contributed by atoms with van der Waals surface area (Å²) in [6.07, 6.45) is 1.56. The van der Waals surface area contributed by atoms with Crippen molar-refractivity contribution in [3.63, 3.8) is 0 Å². The number of rotatable bonds is 1. The molecule has 0 saturated heterocycles. The molecule has 0 spiro atoms. The molecule has 3 rings (SSSR count). The van der Waals surface area contributed by atoms with E-state index in [-0.39, 0.29) is 5.82 Å². The molecular formula is C12H10FN3. The second kappa shape index (κ2) is 3.64. The molecule has 1 aliphatic rings. The maximum atomic E-state index is 12.8. The fraction of sp³-hybridized carbons (Fsp3) is 0.167. The molecule has 2 heterocycles. The standard InChI is InChI=1S/C12H10FN3/c13-9-3-1-8(2-4-9)12-10-5-14-6-11(10)15-7-16-12/h1-4,7,14H,5-6H2. The van der Waals surface area contributed by atoms with Gasteiger partial charge in [0.25, 0.3) is 0 Å². The molecule has 0 atom stereocenters. The lowest BCUT2D eigenvalue weighted by atomic mass is 10.1. The fourth-order valence-corrected chi connectivity index (χ4v) is 1.95. The Labute approximate surface area is 92.4 Å². The molecule has 0 saturated carbocycles. The average Bonchev–Trinajstić information content (AvgIpc) is 2.78. The molecule has 0 radical (unpaired) electrons. The monoisotopic (exact) mass is 215 g/mol. The van der Waals surface area contributed by atoms with E-state index in [1.807, 2.05) is 0 Å². The summed E-state index contributed by atoms with van der Waals surface area (Å²) in [5.74, 6) is -0.229. The lowest BCUT2D eigenvalue weighted by molar-refractivity contribution is 0.628. The zero-order chi connectivity index (χ0) is 11.0. The zero-order valence-electron chi connectivity index (χ0n) is 8.57. The Balaban J connectivity index is 2.13. The molecule has 1 aromatic heterocycles. The topological polar surface area (TPSA) is 37.8 Å². The Morgan fingerprint density at radius 3 is 2.69 bits per heavy atom. The van der Waals surface area contributed by atoms with Gasteiger partial charge < -0.3 is 5.32 Å². The molecule has 1 N–H and O–H groups in total. The highest BCUT2D eigenvalue weighted by Gasteiger charge is 2.17. The van der Waals surface area contributed by atoms with Crippen molar-refractivity contribution < 1.29 is 4.39 Å². The predicted molar refractivity (Wildman–Crippen MR) is 58.0 cm³/mol. The van der Waals surface area contributed by atoms with Crippen LogP contribution in [-0.4, -0.2) is 9.97 Å². The molecule has 0 amide bonds. The van der Waals surface area contributed by atoms with Gasteiger partial charge in [0.2, 0.25) is 0 Å². The minimum Gasteiger partial charge on any atom is -0.307 e. The minimum atomic E-state index is -0.229. The van der Waals surface area contributed by atoms with Crippen LogP contribution in [0.5, 0.6) is 0 Å². The average molecular weight is 215 g/mol. The largest absolute Gasteiger partial charge is 0.307 e. The van der Waals surface area contributed by atoms with Crippen LogP contribution in [0, 0.1) is 5.82 Å². The van der Waals surface area contributed by atoms with Crippen molar-refractivity contribution in [3.8, 4) is 11.3 Å². The van der Waals surface area contributed by atoms with Gasteiger partial charge >= 0.3 is 0 Å². The minimum absolute atomic E-state index is 0.229. The number of benzene rings is 1. The number of nitrogens with one attached hydrogen (secondary N) is 1. The van der Waals surface area contributed by atoms with Gasteiger partial charge in [-0.15, -0.1) is 0 Å². The molecule has 0 fully saturated rings. The SMILES string of the molecule is Fc1ccc(-c2ncnc3c2CNC3)cc1. The zero-order valence-corrected chi connectivity index (χ0v) is 8.57. The molecule has 1 aromatic carbocycles. The molecule has 0 unspecified atom stereocenters. The molecule has 0 aliphatic carbocycles. The molecule has 0 bridgehead atoms. The van der Waals surface area contributed by atoms with Gasteiger partial charge in [-0.2, -0.15) is 0 Å². The van der Waals surface area contributed by atoms with Crippen LogP contribution in [0.3, 0.4) is 0 Å². The summed E-state index contributed by atoms with van der Waals surface area (Å²) in [5.41, 5.74) is 3.99. The van der Waals surface area contributed by atoms with Gasteiger partial charge in [0.1, 0.15) is 12.1 Å². The number of hydrogen-bond donors (Lipinski definition) is 1. The van der Waals surface area contributed by atoms with E-state index in [0.717, 1.165) is 35.6 Å². The second-order valence-corrected chi connectivity index (χ2v) is 3.76. The van der Waals surface area contributed by atoms with Crippen LogP contribution >= 0.6 is 0 Å². The summed E-state index contributed by atoms with van der Waals surface area (Å²) in [5, 5.41) is 3.23. The van der Waals surface area contributed by atoms with Crippen molar-refractivity contribution in [2.45, 2.75) is 13.1 Å². The highest BCUT2D eigenvalue weighted by molar-refractivity contribution is 5.64. The number of aromatic nitrogens is 2. The van der Waals surface area contributed by atoms with Crippen molar-refractivity contribution in [2.24, 2.45) is 0 Å². The lowest BCUT2D eigenvalue weighted by Gasteiger charge is -2.05. The first-order valence-electron chi connectivity index (χ1n) is 5.14. The lowest BCUT2D eigenvalue weighted by Crippen LogP contribution is -2.00. The van der Waals surface area contributed by atoms with Gasteiger partial charge in [-0.05, 0) is 24.3 Å². The smallest absolute Gasteiger partial charge is 0.123 e. The van der Waals surface area contributed by atoms with Crippen LogP contribution in [0.1, 0.15) is 11.3 Å². The summed E-state index contributed by atoms with van der Waals surface area (Å²) in [6, 6.07) is 6.39. The Kier molecular flexibility index (Phi) is 2.15. The number of hydrogen-bond acceptors (Lipinski definition) is 3. The van der Waals surface area contributed by atoms with E-state index in [1.54, 1.807) is 18.5 Å². The second-order valence-electron chi connectivity index (χ2n) is 3.76. The molecular weight excluding hydrogens is 205 g/mol. The maximum absolute atomic E-state index is 12.8. The van der Waals surface area contributed by atoms with Crippen LogP contribution in [0.15, 0.2) is 30.6 Å². The van der Waals surface area contributed by atoms with Gasteiger partial charge in [-0.1, -0.05) is 0 Å². The van der Waals surface area contributed by atoms with E-state index in [9.17, 15) is 4.39 Å². The highest BCUT2D eigenvalue weighted by Crippen LogP contribution is 2.25. The summed E-state index contributed by atoms with van der Waals surface area (Å²) < 4.78 is 12.8. The third-order valence-corrected chi connectivity index (χ3v) is 2.75. The van der Waals surface area contributed by atoms with Gasteiger partial charge in [0.05, 0.1) is 11.4 Å². The van der Waals surface area contributed by atoms with E-state index in [2.05, 4.69) is 15.3 Å². The van der Waals surface area contributed by atoms with Crippen molar-refractivity contribution in [1.82, 2.24) is 15.3 Å². The summed E-state index contributed by atoms with van der Waals surface area (Å²) in [4.78, 5) is 8.49. The third kappa shape index (κ3) is 1.47. The van der Waals surface area contributed by atoms with Gasteiger partial charge in [0.15, 0.2) is 0 Å². The first-order chi connectivity index (χ1) is 7.84. The van der Waals surface area contributed by atoms with E-state index >= 15 is 0 Å². The number of halogens is 1. The first kappa shape index (κ1) is 9.42. The van der Waals surface area contributed by atoms with Crippen LogP contribution < -0.4 is 5.32 Å². The fourth-order valence-electron chi connectivity index (χ4n) is 1.95. The Hall–Kier alpha value is -1.81. The van der Waals surface area contributed by atoms with E-state index in [1.165, 1.54) is 12.1 Å². The van der Waals surface area contributed by atoms with Crippen LogP contribution in [0.4, 0.5) is 4.39 Å². The highest BCUT2D eigenvalue weighted by atomic mass is 19.1. The Morgan fingerprint density at radius 1 is 1.06 bits per heavy atom. The van der Waals surface area contributed by atoms with Crippen LogP contribution in [0.2, 0.25) is 0 Å². The van der Waals surface area contributed by atoms with Gasteiger partial charge in [0, 0.05) is 24.2 Å². The molecule has 2 aromatic rings. The molecule has 3 nitrogen and oxygen atoms in total. The van der Waals surface area contributed by atoms with E-state index in [4.69, 9.17) is 0 Å². The number of fused-ring (bicyclic) bond motifs is 1. The molecule has 4 heteroatoms. The number of nitrogens with zero attached hydrogens (tertiary/aromatic N) is 2. The van der Waals surface area contributed by atoms with Gasteiger partial charge in [-0.3, -0.25) is 0 Å². The van der Waals surface area contributed by atoms with Crippen molar-refractivity contribution in [1.29, 1.82) is 0 Å². The van der Waals surface area contributed by atoms with Crippen molar-refractivity contribution in [2.75, 3.05) is 0 Å². The first-order valence-corrected chi connectivity index (χ1v) is 5.14. The molecule has 1 aliphatic heterocycles. The van der Waals surface area contributed by atoms with Gasteiger partial charge in [-0.25, -0.2) is 14.4 Å². The van der Waals surface area contributed by atoms with Crippen molar-refractivity contribution >= 4 is 0 Å². The normalized spacial score (nSPS) is 13.8. The van der Waals surface area contributed by atoms with Crippen molar-refractivity contribution in [3.05, 3.63) is 47.7 Å². The van der Waals surface area contributed by atoms with E-state index < -0.39 is 0 Å². The Morgan fingerprint density at radius 2 is 1.88 bits per heavy atom. The predicted octanol–water partition coefficient (Wildman–Crippen LogP) is 1.89. The van der Waals surface area contributed by atoms with Crippen LogP contribution in [-0.2, 0) is 13.1 Å². The van der Waals surface area contributed by atoms with E-state index in [0.29, 0.717) is 0 Å². The molecule has 16 heavy (non-hydrogen) atoms. The molecule has 80 valence electrons. The Bertz CT molecular complexity index is 522. The summed E-state index contributed by atoms with van der Waals surface area (Å²) in [6.45, 7) is 1.56. The summed E-state index contributed by atoms with van der Waals surface area (Å²) >= 11 is 0.